The first-order valence-corrected chi connectivity index (χ1v) is 19.9. The molecule has 0 saturated heterocycles. The van der Waals surface area contributed by atoms with E-state index in [9.17, 15) is 0 Å². The molecule has 0 unspecified atom stereocenters. The van der Waals surface area contributed by atoms with Gasteiger partial charge in [-0.2, -0.15) is 0 Å². The van der Waals surface area contributed by atoms with Crippen molar-refractivity contribution >= 4 is 49.6 Å². The van der Waals surface area contributed by atoms with Gasteiger partial charge in [-0.25, -0.2) is 4.99 Å². The number of hydrogen-bond donors (Lipinski definition) is 0. The molecule has 0 fully saturated rings. The monoisotopic (exact) mass is 732 g/mol. The van der Waals surface area contributed by atoms with Crippen LogP contribution in [0, 0.1) is 0 Å². The van der Waals surface area contributed by atoms with Crippen molar-refractivity contribution in [3.05, 3.63) is 222 Å². The minimum Gasteiger partial charge on any atom is -0.309 e. The zero-order valence-electron chi connectivity index (χ0n) is 32.7. The van der Waals surface area contributed by atoms with E-state index in [4.69, 9.17) is 4.99 Å². The SMILES string of the molecule is CC\C(C)=C(/N=C(\C=C(/C)c1ccccc1)c1ccccc1)c1ccc(-c2cccc3cccc(-c4ccc(-n5c6ccccc6c6ccccc65)cc4)c23)cc1. The maximum Gasteiger partial charge on any atom is 0.0712 e. The van der Waals surface area contributed by atoms with E-state index < -0.39 is 0 Å². The fraction of sp³-hybridized carbons (Fsp3) is 0.0727. The van der Waals surface area contributed by atoms with Crippen molar-refractivity contribution in [2.24, 2.45) is 4.99 Å². The van der Waals surface area contributed by atoms with Gasteiger partial charge in [0.05, 0.1) is 22.4 Å². The topological polar surface area (TPSA) is 17.3 Å². The summed E-state index contributed by atoms with van der Waals surface area (Å²) in [6, 6.07) is 69.8. The standard InChI is InChI=1S/C55H44N2/c1-4-38(2)55(56-51(43-19-9-6-10-20-43)37-39(3)40-17-7-5-8-18-40)45-31-29-41(30-32-45)47-25-15-21-44-22-16-26-48(54(44)47)42-33-35-46(36-34-42)57-52-27-13-11-23-49(52)50-24-12-14-28-53(50)57/h5-37H,4H2,1-3H3/b39-37+,55-38-,56-51+. The van der Waals surface area contributed by atoms with Crippen molar-refractivity contribution in [1.29, 1.82) is 0 Å². The second-order valence-electron chi connectivity index (χ2n) is 14.7. The van der Waals surface area contributed by atoms with Crippen LogP contribution in [0.15, 0.2) is 211 Å². The number of aromatic nitrogens is 1. The van der Waals surface area contributed by atoms with E-state index >= 15 is 0 Å². The van der Waals surface area contributed by atoms with Crippen molar-refractivity contribution < 1.29 is 0 Å². The summed E-state index contributed by atoms with van der Waals surface area (Å²) < 4.78 is 2.38. The number of aliphatic imine (C=N–C) groups is 1. The Morgan fingerprint density at radius 3 is 1.56 bits per heavy atom. The lowest BCUT2D eigenvalue weighted by molar-refractivity contribution is 1.09. The van der Waals surface area contributed by atoms with Gasteiger partial charge in [-0.3, -0.25) is 0 Å². The summed E-state index contributed by atoms with van der Waals surface area (Å²) >= 11 is 0. The number of para-hydroxylation sites is 2. The molecule has 8 aromatic carbocycles. The Labute approximate surface area is 335 Å². The van der Waals surface area contributed by atoms with Crippen LogP contribution in [0.4, 0.5) is 0 Å². The molecule has 0 aliphatic rings. The summed E-state index contributed by atoms with van der Waals surface area (Å²) in [5, 5.41) is 5.02. The van der Waals surface area contributed by atoms with E-state index in [1.54, 1.807) is 0 Å². The summed E-state index contributed by atoms with van der Waals surface area (Å²) in [6.45, 7) is 6.57. The van der Waals surface area contributed by atoms with Gasteiger partial charge >= 0.3 is 0 Å². The minimum absolute atomic E-state index is 0.909. The van der Waals surface area contributed by atoms with Crippen molar-refractivity contribution in [3.63, 3.8) is 0 Å². The zero-order chi connectivity index (χ0) is 38.7. The molecule has 0 radical (unpaired) electrons. The molecule has 2 nitrogen and oxygen atoms in total. The van der Waals surface area contributed by atoms with E-state index in [1.807, 2.05) is 0 Å². The van der Waals surface area contributed by atoms with E-state index in [1.165, 1.54) is 71.5 Å². The number of nitrogens with zero attached hydrogens (tertiary/aromatic N) is 2. The maximum atomic E-state index is 5.44. The molecule has 0 saturated carbocycles. The van der Waals surface area contributed by atoms with Crippen LogP contribution in [0.2, 0.25) is 0 Å². The molecule has 9 aromatic rings. The van der Waals surface area contributed by atoms with E-state index in [0.717, 1.165) is 34.6 Å². The van der Waals surface area contributed by atoms with Crippen molar-refractivity contribution in [3.8, 4) is 27.9 Å². The fourth-order valence-electron chi connectivity index (χ4n) is 8.09. The number of benzene rings is 8. The van der Waals surface area contributed by atoms with Crippen molar-refractivity contribution in [2.45, 2.75) is 27.2 Å². The molecule has 0 aliphatic carbocycles. The number of fused-ring (bicyclic) bond motifs is 4. The Hall–Kier alpha value is -7.03. The zero-order valence-corrected chi connectivity index (χ0v) is 32.7. The van der Waals surface area contributed by atoms with Crippen molar-refractivity contribution in [1.82, 2.24) is 4.57 Å². The van der Waals surface area contributed by atoms with Crippen molar-refractivity contribution in [2.75, 3.05) is 0 Å². The van der Waals surface area contributed by atoms with Crippen LogP contribution in [0.3, 0.4) is 0 Å². The van der Waals surface area contributed by atoms with E-state index in [0.29, 0.717) is 0 Å². The highest BCUT2D eigenvalue weighted by Crippen LogP contribution is 2.39. The van der Waals surface area contributed by atoms with Gasteiger partial charge in [-0.1, -0.05) is 177 Å². The lowest BCUT2D eigenvalue weighted by atomic mass is 9.91. The molecule has 9 rings (SSSR count). The van der Waals surface area contributed by atoms with Crippen LogP contribution >= 0.6 is 0 Å². The molecule has 1 aromatic heterocycles. The first-order valence-electron chi connectivity index (χ1n) is 19.9. The van der Waals surface area contributed by atoms with Gasteiger partial charge in [0.1, 0.15) is 0 Å². The molecule has 0 amide bonds. The second-order valence-corrected chi connectivity index (χ2v) is 14.7. The smallest absolute Gasteiger partial charge is 0.0712 e. The highest BCUT2D eigenvalue weighted by molar-refractivity contribution is 6.14. The van der Waals surface area contributed by atoms with Gasteiger partial charge < -0.3 is 4.57 Å². The Morgan fingerprint density at radius 1 is 0.491 bits per heavy atom. The number of allylic oxidation sites excluding steroid dienone is 3. The van der Waals surface area contributed by atoms with Crippen LogP contribution in [0.5, 0.6) is 0 Å². The molecule has 57 heavy (non-hydrogen) atoms. The van der Waals surface area contributed by atoms with Crippen LogP contribution < -0.4 is 0 Å². The van der Waals surface area contributed by atoms with Gasteiger partial charge in [0.25, 0.3) is 0 Å². The molecule has 0 spiro atoms. The molecular formula is C55H44N2. The molecule has 1 heterocycles. The van der Waals surface area contributed by atoms with Gasteiger partial charge in [-0.05, 0) is 100 Å². The fourth-order valence-corrected chi connectivity index (χ4v) is 8.09. The molecular weight excluding hydrogens is 689 g/mol. The highest BCUT2D eigenvalue weighted by atomic mass is 15.0. The van der Waals surface area contributed by atoms with Crippen LogP contribution in [-0.2, 0) is 0 Å². The minimum atomic E-state index is 0.909. The molecule has 2 heteroatoms. The van der Waals surface area contributed by atoms with Crippen LogP contribution in [0.1, 0.15) is 43.9 Å². The summed E-state index contributed by atoms with van der Waals surface area (Å²) in [4.78, 5) is 5.44. The molecule has 274 valence electrons. The van der Waals surface area contributed by atoms with E-state index in [2.05, 4.69) is 226 Å². The second kappa shape index (κ2) is 15.6. The maximum absolute atomic E-state index is 5.44. The third-order valence-corrected chi connectivity index (χ3v) is 11.2. The third kappa shape index (κ3) is 6.92. The molecule has 0 aliphatic heterocycles. The molecule has 0 N–H and O–H groups in total. The summed E-state index contributed by atoms with van der Waals surface area (Å²) in [5.41, 5.74) is 16.2. The quantitative estimate of drug-likeness (QED) is 0.132. The average Bonchev–Trinajstić information content (AvgIpc) is 3.62. The summed E-state index contributed by atoms with van der Waals surface area (Å²) in [7, 11) is 0. The normalized spacial score (nSPS) is 12.7. The summed E-state index contributed by atoms with van der Waals surface area (Å²) in [6.07, 6.45) is 3.13. The first kappa shape index (κ1) is 35.7. The lowest BCUT2D eigenvalue weighted by Crippen LogP contribution is -2.00. The highest BCUT2D eigenvalue weighted by Gasteiger charge is 2.15. The van der Waals surface area contributed by atoms with Crippen LogP contribution in [-0.4, -0.2) is 10.3 Å². The molecule has 0 atom stereocenters. The van der Waals surface area contributed by atoms with Gasteiger partial charge in [0, 0.05) is 27.6 Å². The Morgan fingerprint density at radius 2 is 1.00 bits per heavy atom. The first-order chi connectivity index (χ1) is 28.1. The lowest BCUT2D eigenvalue weighted by Gasteiger charge is -2.15. The third-order valence-electron chi connectivity index (χ3n) is 11.2. The Balaban J connectivity index is 1.10. The Bertz CT molecular complexity index is 2900. The largest absolute Gasteiger partial charge is 0.309 e. The predicted molar refractivity (Wildman–Crippen MR) is 245 cm³/mol. The predicted octanol–water partition coefficient (Wildman–Crippen LogP) is 15.0. The van der Waals surface area contributed by atoms with Crippen LogP contribution in [0.25, 0.3) is 71.8 Å². The number of rotatable bonds is 9. The average molecular weight is 733 g/mol. The van der Waals surface area contributed by atoms with Gasteiger partial charge in [0.15, 0.2) is 0 Å². The van der Waals surface area contributed by atoms with Gasteiger partial charge in [0.2, 0.25) is 0 Å². The van der Waals surface area contributed by atoms with E-state index in [-0.39, 0.29) is 0 Å². The molecule has 0 bridgehead atoms. The Kier molecular flexibility index (Phi) is 9.76. The number of hydrogen-bond acceptors (Lipinski definition) is 1. The van der Waals surface area contributed by atoms with Gasteiger partial charge in [-0.15, -0.1) is 0 Å². The summed E-state index contributed by atoms with van der Waals surface area (Å²) in [5.74, 6) is 0.